The normalized spacial score (nSPS) is 24.7. The van der Waals surface area contributed by atoms with Gasteiger partial charge < -0.3 is 14.8 Å². The second kappa shape index (κ2) is 5.73. The summed E-state index contributed by atoms with van der Waals surface area (Å²) in [6, 6.07) is 3.33. The molecular weight excluding hydrogens is 294 g/mol. The number of nitrogens with one attached hydrogen (secondary N) is 1. The van der Waals surface area contributed by atoms with E-state index in [2.05, 4.69) is 4.98 Å². The highest BCUT2D eigenvalue weighted by Gasteiger charge is 2.64. The van der Waals surface area contributed by atoms with Crippen LogP contribution in [0.3, 0.4) is 0 Å². The lowest BCUT2D eigenvalue weighted by Gasteiger charge is -2.63. The van der Waals surface area contributed by atoms with E-state index in [-0.39, 0.29) is 23.7 Å². The van der Waals surface area contributed by atoms with E-state index in [1.165, 1.54) is 20.2 Å². The van der Waals surface area contributed by atoms with Crippen LogP contribution in [0, 0.1) is 22.2 Å². The molecule has 0 bridgehead atoms. The molecule has 23 heavy (non-hydrogen) atoms. The van der Waals surface area contributed by atoms with Crippen molar-refractivity contribution in [2.45, 2.75) is 46.8 Å². The van der Waals surface area contributed by atoms with Crippen LogP contribution in [0.1, 0.15) is 40.3 Å². The van der Waals surface area contributed by atoms with E-state index in [4.69, 9.17) is 16.1 Å². The van der Waals surface area contributed by atoms with Gasteiger partial charge in [0.15, 0.2) is 12.9 Å². The predicted octanol–water partition coefficient (Wildman–Crippen LogP) is 2.28. The minimum atomic E-state index is -0.405. The van der Waals surface area contributed by atoms with Crippen LogP contribution in [0.2, 0.25) is 1.41 Å². The summed E-state index contributed by atoms with van der Waals surface area (Å²) in [5.41, 5.74) is -0.611. The van der Waals surface area contributed by atoms with Crippen LogP contribution in [0.15, 0.2) is 12.3 Å². The van der Waals surface area contributed by atoms with Gasteiger partial charge in [-0.25, -0.2) is 4.98 Å². The van der Waals surface area contributed by atoms with Crippen molar-refractivity contribution >= 4 is 5.91 Å². The number of nitrogens with zero attached hydrogens (tertiary/aromatic N) is 2. The Kier molecular flexibility index (Phi) is 3.88. The van der Waals surface area contributed by atoms with Crippen LogP contribution in [0.25, 0.3) is 0 Å². The number of ether oxygens (including phenoxy) is 2. The van der Waals surface area contributed by atoms with Crippen LogP contribution in [0.4, 0.5) is 0 Å². The maximum absolute atomic E-state index is 11.6. The fourth-order valence-corrected chi connectivity index (χ4v) is 3.79. The number of methoxy groups -OCH3 is 1. The van der Waals surface area contributed by atoms with Crippen LogP contribution < -0.4 is 14.8 Å². The number of rotatable bonds is 4. The Hall–Kier alpha value is -2.29. The molecule has 1 aliphatic rings. The van der Waals surface area contributed by atoms with E-state index in [0.29, 0.717) is 11.5 Å². The first kappa shape index (κ1) is 15.6. The van der Waals surface area contributed by atoms with Gasteiger partial charge in [-0.05, 0) is 0 Å². The number of hydrogen-bond acceptors (Lipinski definition) is 5. The Labute approximate surface area is 138 Å². The number of hydrogen-bond donors (Lipinski definition) is 1. The Bertz CT molecular complexity index is 681. The lowest BCUT2D eigenvalue weighted by Crippen LogP contribution is -2.74. The SMILES string of the molecule is [2H]N(C(C)=O)C1C(C)(C)C(Oc2cnc(C#N)c(OC)c2)C1(C)C. The molecule has 1 saturated carbocycles. The van der Waals surface area contributed by atoms with Crippen molar-refractivity contribution in [3.63, 3.8) is 0 Å². The summed E-state index contributed by atoms with van der Waals surface area (Å²) in [6.45, 7) is 9.31. The Morgan fingerprint density at radius 2 is 2.04 bits per heavy atom. The average Bonchev–Trinajstić information content (AvgIpc) is 2.51. The van der Waals surface area contributed by atoms with E-state index < -0.39 is 10.8 Å². The van der Waals surface area contributed by atoms with Crippen molar-refractivity contribution in [1.29, 1.82) is 5.26 Å². The highest BCUT2D eigenvalue weighted by Crippen LogP contribution is 2.55. The molecule has 1 aromatic rings. The molecule has 1 aliphatic carbocycles. The van der Waals surface area contributed by atoms with Gasteiger partial charge in [-0.1, -0.05) is 27.7 Å². The Morgan fingerprint density at radius 1 is 1.43 bits per heavy atom. The van der Waals surface area contributed by atoms with Gasteiger partial charge in [0, 0.05) is 29.9 Å². The minimum absolute atomic E-state index is 0.198. The maximum Gasteiger partial charge on any atom is 0.217 e. The quantitative estimate of drug-likeness (QED) is 0.920. The van der Waals surface area contributed by atoms with Crippen molar-refractivity contribution in [2.24, 2.45) is 10.8 Å². The van der Waals surface area contributed by atoms with E-state index in [1.807, 2.05) is 33.8 Å². The van der Waals surface area contributed by atoms with Gasteiger partial charge in [0.1, 0.15) is 17.9 Å². The number of carbonyl (C=O) groups excluding carboxylic acids is 1. The molecule has 0 radical (unpaired) electrons. The highest BCUT2D eigenvalue weighted by atomic mass is 16.5. The first-order valence-electron chi connectivity index (χ1n) is 7.91. The van der Waals surface area contributed by atoms with E-state index in [1.54, 1.807) is 6.07 Å². The summed E-state index contributed by atoms with van der Waals surface area (Å²) in [5, 5.41) is 10.0. The predicted molar refractivity (Wildman–Crippen MR) is 85.1 cm³/mol. The zero-order valence-corrected chi connectivity index (χ0v) is 14.4. The zero-order valence-electron chi connectivity index (χ0n) is 15.4. The average molecular weight is 318 g/mol. The largest absolute Gasteiger partial charge is 0.494 e. The fourth-order valence-electron chi connectivity index (χ4n) is 3.79. The first-order chi connectivity index (χ1) is 11.1. The smallest absolute Gasteiger partial charge is 0.217 e. The summed E-state index contributed by atoms with van der Waals surface area (Å²) < 4.78 is 19.3. The van der Waals surface area contributed by atoms with Crippen molar-refractivity contribution in [2.75, 3.05) is 7.11 Å². The monoisotopic (exact) mass is 318 g/mol. The third kappa shape index (κ3) is 2.83. The van der Waals surface area contributed by atoms with Crippen molar-refractivity contribution in [3.05, 3.63) is 18.0 Å². The van der Waals surface area contributed by atoms with Gasteiger partial charge in [0.05, 0.1) is 13.3 Å². The number of aromatic nitrogens is 1. The van der Waals surface area contributed by atoms with Crippen LogP contribution >= 0.6 is 0 Å². The Balaban J connectivity index is 2.28. The molecule has 1 aromatic heterocycles. The lowest BCUT2D eigenvalue weighted by molar-refractivity contribution is -0.172. The molecule has 0 unspecified atom stereocenters. The fraction of sp³-hybridized carbons (Fsp3) is 0.588. The van der Waals surface area contributed by atoms with Crippen LogP contribution in [0.5, 0.6) is 11.5 Å². The summed E-state index contributed by atoms with van der Waals surface area (Å²) in [6.07, 6.45) is 1.27. The van der Waals surface area contributed by atoms with Gasteiger partial charge in [-0.3, -0.25) is 4.79 Å². The van der Waals surface area contributed by atoms with Gasteiger partial charge in [0.25, 0.3) is 0 Å². The van der Waals surface area contributed by atoms with E-state index >= 15 is 0 Å². The summed E-state index contributed by atoms with van der Waals surface area (Å²) in [5.74, 6) is 0.559. The number of pyridine rings is 1. The summed E-state index contributed by atoms with van der Waals surface area (Å²) in [7, 11) is 1.47. The standard InChI is InChI=1S/C17H23N3O3/c1-10(21)20-14-16(2,3)15(17(14,4)5)23-11-7-13(22-6)12(8-18)19-9-11/h7,9,14-15H,1-6H3,(H,20,21)/i/hD. The number of carbonyl (C=O) groups is 1. The number of amides is 1. The third-order valence-corrected chi connectivity index (χ3v) is 4.48. The molecule has 124 valence electrons. The second-order valence-corrected chi connectivity index (χ2v) is 7.02. The van der Waals surface area contributed by atoms with Crippen LogP contribution in [-0.4, -0.2) is 30.1 Å². The molecule has 0 saturated heterocycles. The van der Waals surface area contributed by atoms with Crippen molar-refractivity contribution in [1.82, 2.24) is 10.3 Å². The molecule has 6 heteroatoms. The zero-order chi connectivity index (χ0) is 18.3. The molecule has 1 N–H and O–H groups in total. The van der Waals surface area contributed by atoms with Crippen molar-refractivity contribution < 1.29 is 15.7 Å². The second-order valence-electron chi connectivity index (χ2n) is 7.02. The molecule has 0 aliphatic heterocycles. The molecule has 1 amide bonds. The van der Waals surface area contributed by atoms with E-state index in [9.17, 15) is 4.79 Å². The minimum Gasteiger partial charge on any atom is -0.494 e. The first-order valence-corrected chi connectivity index (χ1v) is 7.46. The molecule has 1 heterocycles. The summed E-state index contributed by atoms with van der Waals surface area (Å²) in [4.78, 5) is 15.7. The van der Waals surface area contributed by atoms with Crippen molar-refractivity contribution in [3.8, 4) is 17.6 Å². The molecule has 2 rings (SSSR count). The molecule has 0 atom stereocenters. The van der Waals surface area contributed by atoms with Gasteiger partial charge >= 0.3 is 0 Å². The topological polar surface area (TPSA) is 84.2 Å². The van der Waals surface area contributed by atoms with Gasteiger partial charge in [-0.2, -0.15) is 5.26 Å². The highest BCUT2D eigenvalue weighted by molar-refractivity contribution is 5.73. The molecule has 1 fully saturated rings. The van der Waals surface area contributed by atoms with Gasteiger partial charge in [-0.15, -0.1) is 0 Å². The summed E-state index contributed by atoms with van der Waals surface area (Å²) >= 11 is 0. The van der Waals surface area contributed by atoms with E-state index in [0.717, 1.165) is 5.31 Å². The molecular formula is C17H23N3O3. The molecule has 0 aromatic carbocycles. The van der Waals surface area contributed by atoms with Crippen LogP contribution in [-0.2, 0) is 4.79 Å². The Morgan fingerprint density at radius 3 is 2.52 bits per heavy atom. The third-order valence-electron chi connectivity index (χ3n) is 4.48. The number of nitriles is 1. The maximum atomic E-state index is 11.6. The molecule has 6 nitrogen and oxygen atoms in total. The molecule has 0 spiro atoms. The van der Waals surface area contributed by atoms with Gasteiger partial charge in [0.2, 0.25) is 5.91 Å². The lowest BCUT2D eigenvalue weighted by atomic mass is 9.49.